The van der Waals surface area contributed by atoms with E-state index < -0.39 is 10.4 Å². The number of non-ortho nitro benzene ring substituents is 1. The first-order chi connectivity index (χ1) is 10.4. The van der Waals surface area contributed by atoms with Crippen LogP contribution >= 0.6 is 11.6 Å². The maximum absolute atomic E-state index is 12.2. The highest BCUT2D eigenvalue weighted by molar-refractivity contribution is 6.35. The second kappa shape index (κ2) is 6.28. The van der Waals surface area contributed by atoms with Crippen LogP contribution in [0.3, 0.4) is 0 Å². The Morgan fingerprint density at radius 3 is 2.82 bits per heavy atom. The van der Waals surface area contributed by atoms with E-state index in [2.05, 4.69) is 23.5 Å². The fraction of sp³-hybridized carbons (Fsp3) is 0. The molecule has 0 radical (unpaired) electrons. The standard InChI is InChI=1S/C15H12ClN3O3/c1-3-4-5-9(2)17-13-8-12(20)14-11(19(21)22)7-6-10(16)15(14)18-13/h3-8H,1-2H2,(H2,17,18,20)/b5-4-. The van der Waals surface area contributed by atoms with Gasteiger partial charge in [0.25, 0.3) is 5.69 Å². The third-order valence-corrected chi connectivity index (χ3v) is 3.15. The highest BCUT2D eigenvalue weighted by Crippen LogP contribution is 2.28. The van der Waals surface area contributed by atoms with Crippen LogP contribution in [-0.4, -0.2) is 9.91 Å². The van der Waals surface area contributed by atoms with E-state index in [1.165, 1.54) is 18.2 Å². The minimum atomic E-state index is -0.618. The number of H-pyrrole nitrogens is 1. The van der Waals surface area contributed by atoms with Crippen molar-refractivity contribution in [2.45, 2.75) is 0 Å². The molecular formula is C15H12ClN3O3. The third-order valence-electron chi connectivity index (χ3n) is 2.84. The lowest BCUT2D eigenvalue weighted by atomic mass is 10.1. The van der Waals surface area contributed by atoms with Gasteiger partial charge >= 0.3 is 0 Å². The molecule has 0 bridgehead atoms. The number of halogens is 1. The number of nitro benzene ring substituents is 1. The van der Waals surface area contributed by atoms with Crippen molar-refractivity contribution in [2.75, 3.05) is 5.32 Å². The lowest BCUT2D eigenvalue weighted by Gasteiger charge is -2.08. The highest BCUT2D eigenvalue weighted by Gasteiger charge is 2.18. The molecule has 22 heavy (non-hydrogen) atoms. The first-order valence-electron chi connectivity index (χ1n) is 6.19. The van der Waals surface area contributed by atoms with Crippen LogP contribution in [0.2, 0.25) is 5.02 Å². The predicted octanol–water partition coefficient (Wildman–Crippen LogP) is 3.76. The van der Waals surface area contributed by atoms with E-state index in [-0.39, 0.29) is 21.6 Å². The van der Waals surface area contributed by atoms with Crippen LogP contribution in [0.25, 0.3) is 10.9 Å². The van der Waals surface area contributed by atoms with E-state index in [4.69, 9.17) is 11.6 Å². The van der Waals surface area contributed by atoms with E-state index in [1.807, 2.05) is 0 Å². The number of hydrogen-bond acceptors (Lipinski definition) is 4. The SMILES string of the molecule is C=C/C=C\C(=C)Nc1cc(=O)c2c([N+](=O)[O-])ccc(Cl)c2[nH]1. The zero-order valence-corrected chi connectivity index (χ0v) is 12.2. The van der Waals surface area contributed by atoms with Crippen LogP contribution < -0.4 is 10.7 Å². The van der Waals surface area contributed by atoms with Gasteiger partial charge in [0.15, 0.2) is 5.43 Å². The van der Waals surface area contributed by atoms with Crippen molar-refractivity contribution in [1.82, 2.24) is 4.98 Å². The lowest BCUT2D eigenvalue weighted by Crippen LogP contribution is -2.09. The smallest absolute Gasteiger partial charge is 0.282 e. The maximum Gasteiger partial charge on any atom is 0.282 e. The molecule has 0 aliphatic heterocycles. The van der Waals surface area contributed by atoms with Crippen molar-refractivity contribution in [1.29, 1.82) is 0 Å². The Labute approximate surface area is 130 Å². The molecule has 0 amide bonds. The van der Waals surface area contributed by atoms with Gasteiger partial charge < -0.3 is 10.3 Å². The van der Waals surface area contributed by atoms with Crippen LogP contribution in [0.5, 0.6) is 0 Å². The summed E-state index contributed by atoms with van der Waals surface area (Å²) in [6, 6.07) is 3.80. The molecule has 1 aromatic carbocycles. The maximum atomic E-state index is 12.2. The zero-order chi connectivity index (χ0) is 16.3. The van der Waals surface area contributed by atoms with Gasteiger partial charge in [0.05, 0.1) is 15.5 Å². The molecular weight excluding hydrogens is 306 g/mol. The fourth-order valence-electron chi connectivity index (χ4n) is 1.93. The number of hydrogen-bond donors (Lipinski definition) is 2. The number of pyridine rings is 1. The molecule has 0 saturated heterocycles. The van der Waals surface area contributed by atoms with Gasteiger partial charge in [-0.15, -0.1) is 0 Å². The number of allylic oxidation sites excluding steroid dienone is 3. The molecule has 2 aromatic rings. The van der Waals surface area contributed by atoms with Gasteiger partial charge in [-0.2, -0.15) is 0 Å². The molecule has 1 aromatic heterocycles. The van der Waals surface area contributed by atoms with Crippen molar-refractivity contribution >= 4 is 34.0 Å². The van der Waals surface area contributed by atoms with Crippen LogP contribution in [0.4, 0.5) is 11.5 Å². The molecule has 6 nitrogen and oxygen atoms in total. The van der Waals surface area contributed by atoms with E-state index in [1.54, 1.807) is 18.2 Å². The van der Waals surface area contributed by atoms with Gasteiger partial charge in [0.2, 0.25) is 0 Å². The molecule has 7 heteroatoms. The molecule has 0 unspecified atom stereocenters. The Balaban J connectivity index is 2.58. The second-order valence-electron chi connectivity index (χ2n) is 4.37. The molecule has 1 heterocycles. The lowest BCUT2D eigenvalue weighted by molar-refractivity contribution is -0.383. The van der Waals surface area contributed by atoms with Gasteiger partial charge in [0.1, 0.15) is 11.2 Å². The summed E-state index contributed by atoms with van der Waals surface area (Å²) in [5, 5.41) is 14.0. The summed E-state index contributed by atoms with van der Waals surface area (Å²) in [5.41, 5.74) is -0.0913. The number of anilines is 1. The molecule has 2 rings (SSSR count). The molecule has 0 fully saturated rings. The summed E-state index contributed by atoms with van der Waals surface area (Å²) in [5.74, 6) is 0.332. The summed E-state index contributed by atoms with van der Waals surface area (Å²) in [6.45, 7) is 7.29. The first-order valence-corrected chi connectivity index (χ1v) is 6.57. The zero-order valence-electron chi connectivity index (χ0n) is 11.4. The number of aromatic nitrogens is 1. The summed E-state index contributed by atoms with van der Waals surface area (Å²) in [7, 11) is 0. The van der Waals surface area contributed by atoms with Gasteiger partial charge in [-0.25, -0.2) is 0 Å². The predicted molar refractivity (Wildman–Crippen MR) is 88.3 cm³/mol. The number of rotatable bonds is 5. The average molecular weight is 318 g/mol. The molecule has 112 valence electrons. The summed E-state index contributed by atoms with van der Waals surface area (Å²) < 4.78 is 0. The third kappa shape index (κ3) is 3.07. The van der Waals surface area contributed by atoms with Gasteiger partial charge in [-0.1, -0.05) is 36.9 Å². The van der Waals surface area contributed by atoms with Gasteiger partial charge in [0, 0.05) is 17.8 Å². The van der Waals surface area contributed by atoms with Gasteiger partial charge in [-0.3, -0.25) is 14.9 Å². The Morgan fingerprint density at radius 1 is 1.45 bits per heavy atom. The Kier molecular flexibility index (Phi) is 4.43. The molecule has 0 atom stereocenters. The van der Waals surface area contributed by atoms with E-state index in [0.717, 1.165) is 0 Å². The summed E-state index contributed by atoms with van der Waals surface area (Å²) in [6.07, 6.45) is 4.91. The second-order valence-corrected chi connectivity index (χ2v) is 4.77. The monoisotopic (exact) mass is 317 g/mol. The van der Waals surface area contributed by atoms with Crippen LogP contribution in [0.15, 0.2) is 60.1 Å². The fourth-order valence-corrected chi connectivity index (χ4v) is 2.13. The first kappa shape index (κ1) is 15.5. The van der Waals surface area contributed by atoms with E-state index in [9.17, 15) is 14.9 Å². The highest BCUT2D eigenvalue weighted by atomic mass is 35.5. The van der Waals surface area contributed by atoms with Crippen LogP contribution in [0, 0.1) is 10.1 Å². The summed E-state index contributed by atoms with van der Waals surface area (Å²) >= 11 is 6.03. The average Bonchev–Trinajstić information content (AvgIpc) is 2.46. The molecule has 0 aliphatic rings. The quantitative estimate of drug-likeness (QED) is 0.499. The number of nitrogens with one attached hydrogen (secondary N) is 2. The van der Waals surface area contributed by atoms with Crippen molar-refractivity contribution in [3.8, 4) is 0 Å². The Bertz CT molecular complexity index is 868. The van der Waals surface area contributed by atoms with E-state index >= 15 is 0 Å². The topological polar surface area (TPSA) is 88.0 Å². The molecule has 0 spiro atoms. The van der Waals surface area contributed by atoms with Gasteiger partial charge in [-0.05, 0) is 12.1 Å². The minimum Gasteiger partial charge on any atom is -0.342 e. The Hall–Kier alpha value is -2.86. The number of fused-ring (bicyclic) bond motifs is 1. The van der Waals surface area contributed by atoms with Crippen molar-refractivity contribution in [2.24, 2.45) is 0 Å². The normalized spacial score (nSPS) is 10.8. The number of aromatic amines is 1. The molecule has 0 saturated carbocycles. The molecule has 2 N–H and O–H groups in total. The largest absolute Gasteiger partial charge is 0.342 e. The van der Waals surface area contributed by atoms with Crippen molar-refractivity contribution in [3.63, 3.8) is 0 Å². The molecule has 0 aliphatic carbocycles. The van der Waals surface area contributed by atoms with Crippen molar-refractivity contribution in [3.05, 3.63) is 80.6 Å². The number of nitro groups is 1. The number of benzene rings is 1. The van der Waals surface area contributed by atoms with Crippen LogP contribution in [0.1, 0.15) is 0 Å². The summed E-state index contributed by atoms with van der Waals surface area (Å²) in [4.78, 5) is 25.5. The van der Waals surface area contributed by atoms with Crippen LogP contribution in [-0.2, 0) is 0 Å². The number of nitrogens with zero attached hydrogens (tertiary/aromatic N) is 1. The minimum absolute atomic E-state index is 0.0599. The Morgan fingerprint density at radius 2 is 2.18 bits per heavy atom. The van der Waals surface area contributed by atoms with E-state index in [0.29, 0.717) is 11.5 Å². The van der Waals surface area contributed by atoms with Crippen molar-refractivity contribution < 1.29 is 4.92 Å².